The van der Waals surface area contributed by atoms with Crippen molar-refractivity contribution in [2.75, 3.05) is 13.2 Å². The molecule has 0 spiro atoms. The van der Waals surface area contributed by atoms with Crippen LogP contribution in [0.3, 0.4) is 0 Å². The first-order valence-electron chi connectivity index (χ1n) is 4.13. The van der Waals surface area contributed by atoms with E-state index in [0.717, 1.165) is 13.2 Å². The van der Waals surface area contributed by atoms with Gasteiger partial charge in [-0.1, -0.05) is 0 Å². The fourth-order valence-electron chi connectivity index (χ4n) is 0.684. The smallest absolute Gasteiger partial charge is 0.381 e. The lowest BCUT2D eigenvalue weighted by Crippen LogP contribution is -2.26. The molecule has 1 fully saturated rings. The van der Waals surface area contributed by atoms with Gasteiger partial charge in [-0.3, -0.25) is 0 Å². The average molecular weight is 205 g/mol. The standard InChI is InChI=1S/C4BN4.C4H8O.H3N/c6-1-5(2-7,3-8)4-9;1-2-4-5-3-1;/h;1-4H2;1H3/q-1;;/p+1. The van der Waals surface area contributed by atoms with Gasteiger partial charge in [0.05, 0.1) is 0 Å². The van der Waals surface area contributed by atoms with Crippen LogP contribution in [0, 0.1) is 44.9 Å². The highest BCUT2D eigenvalue weighted by atomic mass is 16.5. The van der Waals surface area contributed by atoms with Gasteiger partial charge in [0, 0.05) is 13.2 Å². The zero-order chi connectivity index (χ0) is 10.9. The van der Waals surface area contributed by atoms with Crippen molar-refractivity contribution in [2.24, 2.45) is 0 Å². The second kappa shape index (κ2) is 8.54. The highest BCUT2D eigenvalue weighted by molar-refractivity contribution is 7.05. The van der Waals surface area contributed by atoms with E-state index in [9.17, 15) is 0 Å². The molecule has 0 aromatic rings. The third kappa shape index (κ3) is 5.29. The van der Waals surface area contributed by atoms with Crippen LogP contribution < -0.4 is 6.15 Å². The summed E-state index contributed by atoms with van der Waals surface area (Å²) in [5, 5.41) is 32.3. The molecule has 1 aliphatic heterocycles. The number of ether oxygens (including phenoxy) is 1. The molecule has 4 N–H and O–H groups in total. The third-order valence-corrected chi connectivity index (χ3v) is 1.60. The number of nitrogens with zero attached hydrogens (tertiary/aromatic N) is 4. The Morgan fingerprint density at radius 3 is 1.20 bits per heavy atom. The van der Waals surface area contributed by atoms with Crippen LogP contribution >= 0.6 is 0 Å². The summed E-state index contributed by atoms with van der Waals surface area (Å²) in [6, 6.07) is 0. The normalized spacial score (nSPS) is 12.5. The maximum absolute atomic E-state index is 8.09. The quantitative estimate of drug-likeness (QED) is 0.583. The van der Waals surface area contributed by atoms with Crippen molar-refractivity contribution in [2.45, 2.75) is 12.8 Å². The second-order valence-corrected chi connectivity index (χ2v) is 2.70. The molecule has 78 valence electrons. The summed E-state index contributed by atoms with van der Waals surface area (Å²) in [7, 11) is 0. The lowest BCUT2D eigenvalue weighted by atomic mass is 9.30. The van der Waals surface area contributed by atoms with Crippen LogP contribution in [0.4, 0.5) is 0 Å². The average Bonchev–Trinajstić information content (AvgIpc) is 2.80. The molecule has 0 aromatic carbocycles. The molecule has 0 atom stereocenters. The molecule has 1 rings (SSSR count). The molecule has 0 unspecified atom stereocenters. The molecule has 15 heavy (non-hydrogen) atoms. The minimum absolute atomic E-state index is 0. The van der Waals surface area contributed by atoms with E-state index in [-0.39, 0.29) is 6.15 Å². The number of rotatable bonds is 0. The number of nitriles is 4. The number of hydrogen-bond acceptors (Lipinski definition) is 5. The van der Waals surface area contributed by atoms with Crippen LogP contribution in [0.25, 0.3) is 0 Å². The second-order valence-electron chi connectivity index (χ2n) is 2.70. The van der Waals surface area contributed by atoms with Crippen LogP contribution in [0.1, 0.15) is 12.8 Å². The van der Waals surface area contributed by atoms with Crippen LogP contribution in [-0.2, 0) is 4.74 Å². The Bertz CT molecular complexity index is 269. The third-order valence-electron chi connectivity index (χ3n) is 1.60. The molecular formula is C8H12BN5O. The van der Waals surface area contributed by atoms with Gasteiger partial charge < -0.3 is 10.9 Å². The molecule has 1 heterocycles. The van der Waals surface area contributed by atoms with Gasteiger partial charge in [0.1, 0.15) is 0 Å². The van der Waals surface area contributed by atoms with Gasteiger partial charge in [0.2, 0.25) is 0 Å². The van der Waals surface area contributed by atoms with E-state index in [4.69, 9.17) is 25.8 Å². The molecule has 0 aromatic heterocycles. The maximum atomic E-state index is 8.09. The SMILES string of the molecule is C1CCOC1.N#C[B-](C#N)(C#N)C#N.[NH4+]. The van der Waals surface area contributed by atoms with Gasteiger partial charge in [-0.15, -0.1) is 23.9 Å². The maximum Gasteiger partial charge on any atom is 0.383 e. The predicted molar refractivity (Wildman–Crippen MR) is 54.2 cm³/mol. The highest BCUT2D eigenvalue weighted by Gasteiger charge is 2.22. The molecule has 1 saturated heterocycles. The van der Waals surface area contributed by atoms with Crippen molar-refractivity contribution >= 4 is 6.15 Å². The van der Waals surface area contributed by atoms with Gasteiger partial charge in [-0.2, -0.15) is 0 Å². The molecule has 7 heteroatoms. The fraction of sp³-hybridized carbons (Fsp3) is 0.500. The van der Waals surface area contributed by atoms with Gasteiger partial charge in [0.15, 0.2) is 0 Å². The molecule has 0 radical (unpaired) electrons. The summed E-state index contributed by atoms with van der Waals surface area (Å²) in [4.78, 5) is 0. The van der Waals surface area contributed by atoms with Gasteiger partial charge >= 0.3 is 6.15 Å². The van der Waals surface area contributed by atoms with E-state index in [0.29, 0.717) is 0 Å². The van der Waals surface area contributed by atoms with E-state index < -0.39 is 6.15 Å². The van der Waals surface area contributed by atoms with Crippen molar-refractivity contribution in [1.29, 1.82) is 21.0 Å². The summed E-state index contributed by atoms with van der Waals surface area (Å²) in [5.74, 6) is 5.38. The van der Waals surface area contributed by atoms with Gasteiger partial charge in [-0.05, 0) is 12.8 Å². The summed E-state index contributed by atoms with van der Waals surface area (Å²) in [5.41, 5.74) is 0. The van der Waals surface area contributed by atoms with E-state index in [1.165, 1.54) is 36.7 Å². The van der Waals surface area contributed by atoms with Crippen molar-refractivity contribution < 1.29 is 4.74 Å². The molecule has 6 nitrogen and oxygen atoms in total. The largest absolute Gasteiger partial charge is 0.383 e. The first kappa shape index (κ1) is 15.4. The fourth-order valence-corrected chi connectivity index (χ4v) is 0.684. The summed E-state index contributed by atoms with van der Waals surface area (Å²) in [6.45, 7) is 2.00. The lowest BCUT2D eigenvalue weighted by Gasteiger charge is -1.98. The summed E-state index contributed by atoms with van der Waals surface area (Å²) < 4.78 is 4.94. The number of quaternary nitrogens is 1. The van der Waals surface area contributed by atoms with Crippen molar-refractivity contribution in [1.82, 2.24) is 6.15 Å². The van der Waals surface area contributed by atoms with Gasteiger partial charge in [-0.25, -0.2) is 21.0 Å². The molecule has 0 bridgehead atoms. The highest BCUT2D eigenvalue weighted by Crippen LogP contribution is 1.98. The topological polar surface area (TPSA) is 141 Å². The zero-order valence-electron chi connectivity index (χ0n) is 8.60. The molecule has 0 saturated carbocycles. The van der Waals surface area contributed by atoms with E-state index in [2.05, 4.69) is 0 Å². The Hall–Kier alpha value is -2.06. The van der Waals surface area contributed by atoms with E-state index in [1.54, 1.807) is 0 Å². The van der Waals surface area contributed by atoms with Crippen molar-refractivity contribution in [3.05, 3.63) is 0 Å². The van der Waals surface area contributed by atoms with Crippen LogP contribution in [0.2, 0.25) is 0 Å². The molecule has 0 aliphatic carbocycles. The zero-order valence-corrected chi connectivity index (χ0v) is 8.60. The van der Waals surface area contributed by atoms with Gasteiger partial charge in [0.25, 0.3) is 0 Å². The Kier molecular flexibility index (Phi) is 8.78. The molecular weight excluding hydrogens is 193 g/mol. The van der Waals surface area contributed by atoms with Crippen molar-refractivity contribution in [3.63, 3.8) is 0 Å². The first-order valence-corrected chi connectivity index (χ1v) is 4.13. The minimum Gasteiger partial charge on any atom is -0.381 e. The summed E-state index contributed by atoms with van der Waals surface area (Å²) >= 11 is 0. The van der Waals surface area contributed by atoms with Crippen molar-refractivity contribution in [3.8, 4) is 23.9 Å². The predicted octanol–water partition coefficient (Wildman–Crippen LogP) is 0.859. The monoisotopic (exact) mass is 205 g/mol. The minimum atomic E-state index is -2.72. The van der Waals surface area contributed by atoms with Crippen LogP contribution in [-0.4, -0.2) is 19.4 Å². The Morgan fingerprint density at radius 1 is 0.800 bits per heavy atom. The summed E-state index contributed by atoms with van der Waals surface area (Å²) in [6.07, 6.45) is -0.167. The van der Waals surface area contributed by atoms with Crippen LogP contribution in [0.15, 0.2) is 0 Å². The number of hydrogen-bond donors (Lipinski definition) is 1. The Balaban J connectivity index is 0. The first-order chi connectivity index (χ1) is 6.74. The Labute approximate surface area is 88.8 Å². The van der Waals surface area contributed by atoms with E-state index in [1.807, 2.05) is 0 Å². The van der Waals surface area contributed by atoms with E-state index >= 15 is 0 Å². The molecule has 1 aliphatic rings. The van der Waals surface area contributed by atoms with Crippen LogP contribution in [0.5, 0.6) is 0 Å². The lowest BCUT2D eigenvalue weighted by molar-refractivity contribution is 0.198. The Morgan fingerprint density at radius 2 is 1.13 bits per heavy atom. The molecule has 0 amide bonds.